The van der Waals surface area contributed by atoms with Gasteiger partial charge in [-0.2, -0.15) is 0 Å². The summed E-state index contributed by atoms with van der Waals surface area (Å²) in [7, 11) is 0. The molecule has 0 amide bonds. The normalized spacial score (nSPS) is 14.5. The summed E-state index contributed by atoms with van der Waals surface area (Å²) in [4.78, 5) is 10.6. The summed E-state index contributed by atoms with van der Waals surface area (Å²) in [5, 5.41) is 10.1. The smallest absolute Gasteiger partial charge is 0.170 e. The van der Waals surface area contributed by atoms with Crippen LogP contribution in [-0.4, -0.2) is 16.2 Å². The summed E-state index contributed by atoms with van der Waals surface area (Å²) in [5.41, 5.74) is 11.7. The first kappa shape index (κ1) is 31.6. The molecular formula is C51H32N4O2. The zero-order valence-corrected chi connectivity index (χ0v) is 30.6. The molecule has 1 atom stereocenters. The summed E-state index contributed by atoms with van der Waals surface area (Å²) in [6.07, 6.45) is -0.514. The van der Waals surface area contributed by atoms with Gasteiger partial charge in [0.1, 0.15) is 28.4 Å². The van der Waals surface area contributed by atoms with Crippen molar-refractivity contribution < 1.29 is 8.83 Å². The van der Waals surface area contributed by atoms with E-state index in [1.54, 1.807) is 0 Å². The molecule has 0 spiro atoms. The molecule has 0 radical (unpaired) electrons. The number of nitrogens with zero attached hydrogens (tertiary/aromatic N) is 3. The van der Waals surface area contributed by atoms with Gasteiger partial charge in [-0.05, 0) is 53.6 Å². The van der Waals surface area contributed by atoms with Crippen LogP contribution in [0.4, 0.5) is 0 Å². The van der Waals surface area contributed by atoms with E-state index in [4.69, 9.17) is 18.8 Å². The van der Waals surface area contributed by atoms with Crippen molar-refractivity contribution in [1.82, 2.24) is 9.88 Å². The molecule has 57 heavy (non-hydrogen) atoms. The number of nitrogens with one attached hydrogen (secondary N) is 1. The van der Waals surface area contributed by atoms with Crippen molar-refractivity contribution >= 4 is 77.4 Å². The predicted molar refractivity (Wildman–Crippen MR) is 233 cm³/mol. The second-order valence-corrected chi connectivity index (χ2v) is 14.6. The van der Waals surface area contributed by atoms with Crippen molar-refractivity contribution in [1.29, 1.82) is 0 Å². The first-order valence-electron chi connectivity index (χ1n) is 19.2. The fraction of sp³-hybridized carbons (Fsp3) is 0.0196. The molecule has 0 saturated heterocycles. The highest BCUT2D eigenvalue weighted by Crippen LogP contribution is 2.42. The van der Waals surface area contributed by atoms with Crippen LogP contribution < -0.4 is 5.32 Å². The molecule has 0 saturated carbocycles. The Morgan fingerprint density at radius 1 is 0.439 bits per heavy atom. The summed E-state index contributed by atoms with van der Waals surface area (Å²) >= 11 is 0. The molecule has 1 aliphatic rings. The number of benzene rings is 8. The van der Waals surface area contributed by atoms with E-state index in [9.17, 15) is 0 Å². The molecule has 8 aromatic carbocycles. The van der Waals surface area contributed by atoms with Crippen LogP contribution in [0.15, 0.2) is 201 Å². The van der Waals surface area contributed by atoms with Gasteiger partial charge in [0.05, 0.1) is 16.7 Å². The second kappa shape index (κ2) is 12.4. The lowest BCUT2D eigenvalue weighted by atomic mass is 10.0. The molecule has 11 aromatic rings. The average molecular weight is 733 g/mol. The van der Waals surface area contributed by atoms with Crippen molar-refractivity contribution in [2.45, 2.75) is 6.17 Å². The van der Waals surface area contributed by atoms with E-state index in [2.05, 4.69) is 143 Å². The van der Waals surface area contributed by atoms with Gasteiger partial charge in [-0.15, -0.1) is 0 Å². The molecule has 6 heteroatoms. The first-order chi connectivity index (χ1) is 28.2. The lowest BCUT2D eigenvalue weighted by Crippen LogP contribution is -2.36. The highest BCUT2D eigenvalue weighted by molar-refractivity contribution is 6.22. The predicted octanol–water partition coefficient (Wildman–Crippen LogP) is 12.7. The third-order valence-electron chi connectivity index (χ3n) is 11.3. The third kappa shape index (κ3) is 4.97. The molecule has 1 aliphatic heterocycles. The first-order valence-corrected chi connectivity index (χ1v) is 19.2. The van der Waals surface area contributed by atoms with Crippen molar-refractivity contribution in [3.8, 4) is 16.8 Å². The number of aromatic nitrogens is 1. The standard InChI is InChI=1S/C51H32N4O2/c1-3-13-31(14-4-1)33-17-11-18-34(29-33)50-52-49(32-15-5-2-6-16-32)53-51(54-50)41-21-12-24-44-46(41)40-26-25-35(30-45(40)56-44)55-42-22-9-7-19-36(42)38-27-28-39-37-20-8-10-23-43(37)57-48(39)47(38)55/h1-30,51H,(H,52,53,54). The van der Waals surface area contributed by atoms with Gasteiger partial charge >= 0.3 is 0 Å². The van der Waals surface area contributed by atoms with Gasteiger partial charge in [0.25, 0.3) is 0 Å². The van der Waals surface area contributed by atoms with Gasteiger partial charge in [0.15, 0.2) is 11.7 Å². The Kier molecular flexibility index (Phi) is 6.89. The Labute approximate surface area is 326 Å². The summed E-state index contributed by atoms with van der Waals surface area (Å²) in [6.45, 7) is 0. The Bertz CT molecular complexity index is 3440. The number of fused-ring (bicyclic) bond motifs is 10. The monoisotopic (exact) mass is 732 g/mol. The number of amidine groups is 2. The molecule has 3 aromatic heterocycles. The fourth-order valence-electron chi connectivity index (χ4n) is 8.65. The fourth-order valence-corrected chi connectivity index (χ4v) is 8.65. The van der Waals surface area contributed by atoms with Gasteiger partial charge < -0.3 is 18.7 Å². The zero-order chi connectivity index (χ0) is 37.5. The number of hydrogen-bond acceptors (Lipinski definition) is 5. The van der Waals surface area contributed by atoms with Crippen LogP contribution in [0.2, 0.25) is 0 Å². The van der Waals surface area contributed by atoms with Crippen molar-refractivity contribution in [2.75, 3.05) is 0 Å². The van der Waals surface area contributed by atoms with Gasteiger partial charge in [-0.1, -0.05) is 133 Å². The van der Waals surface area contributed by atoms with Crippen LogP contribution in [0, 0.1) is 0 Å². The van der Waals surface area contributed by atoms with Crippen LogP contribution in [0.25, 0.3) is 82.5 Å². The van der Waals surface area contributed by atoms with Crippen LogP contribution >= 0.6 is 0 Å². The lowest BCUT2D eigenvalue weighted by molar-refractivity contribution is 0.666. The number of furan rings is 2. The molecule has 1 N–H and O–H groups in total. The van der Waals surface area contributed by atoms with Crippen LogP contribution in [-0.2, 0) is 0 Å². The van der Waals surface area contributed by atoms with Crippen LogP contribution in [0.3, 0.4) is 0 Å². The topological polar surface area (TPSA) is 68.0 Å². The van der Waals surface area contributed by atoms with Crippen LogP contribution in [0.1, 0.15) is 22.9 Å². The maximum absolute atomic E-state index is 6.72. The maximum atomic E-state index is 6.72. The highest BCUT2D eigenvalue weighted by Gasteiger charge is 2.25. The number of para-hydroxylation sites is 2. The average Bonchev–Trinajstić information content (AvgIpc) is 3.96. The minimum atomic E-state index is -0.514. The van der Waals surface area contributed by atoms with E-state index < -0.39 is 6.17 Å². The highest BCUT2D eigenvalue weighted by atomic mass is 16.3. The summed E-state index contributed by atoms with van der Waals surface area (Å²) < 4.78 is 15.6. The molecular weight excluding hydrogens is 701 g/mol. The maximum Gasteiger partial charge on any atom is 0.170 e. The van der Waals surface area contributed by atoms with E-state index >= 15 is 0 Å². The number of rotatable bonds is 5. The lowest BCUT2D eigenvalue weighted by Gasteiger charge is -2.23. The van der Waals surface area contributed by atoms with E-state index in [0.29, 0.717) is 0 Å². The van der Waals surface area contributed by atoms with Crippen molar-refractivity contribution in [3.63, 3.8) is 0 Å². The van der Waals surface area contributed by atoms with Gasteiger partial charge in [0, 0.05) is 55.1 Å². The van der Waals surface area contributed by atoms with E-state index in [1.165, 1.54) is 5.39 Å². The Balaban J connectivity index is 1.04. The quantitative estimate of drug-likeness (QED) is 0.192. The molecule has 1 unspecified atom stereocenters. The molecule has 0 fully saturated rings. The summed E-state index contributed by atoms with van der Waals surface area (Å²) in [6, 6.07) is 63.1. The minimum Gasteiger partial charge on any atom is -0.456 e. The second-order valence-electron chi connectivity index (χ2n) is 14.6. The van der Waals surface area contributed by atoms with E-state index in [1.807, 2.05) is 48.5 Å². The SMILES string of the molecule is c1ccc(C2=NC(c3cccc4oc5cc(-n6c7ccccc7c7ccc8c9ccccc9oc8c76)ccc5c34)N=C(c3cccc(-c4ccccc4)c3)N2)cc1. The molecule has 4 heterocycles. The number of aliphatic imine (C=N–C) groups is 2. The van der Waals surface area contributed by atoms with E-state index in [-0.39, 0.29) is 0 Å². The molecule has 268 valence electrons. The number of hydrogen-bond donors (Lipinski definition) is 1. The summed E-state index contributed by atoms with van der Waals surface area (Å²) in [5.74, 6) is 1.54. The van der Waals surface area contributed by atoms with Crippen molar-refractivity contribution in [3.05, 3.63) is 199 Å². The molecule has 6 nitrogen and oxygen atoms in total. The van der Waals surface area contributed by atoms with Gasteiger partial charge in [0.2, 0.25) is 0 Å². The van der Waals surface area contributed by atoms with Crippen LogP contribution in [0.5, 0.6) is 0 Å². The molecule has 12 rings (SSSR count). The zero-order valence-electron chi connectivity index (χ0n) is 30.6. The van der Waals surface area contributed by atoms with Crippen molar-refractivity contribution in [2.24, 2.45) is 9.98 Å². The Hall–Kier alpha value is -7.70. The van der Waals surface area contributed by atoms with Gasteiger partial charge in [-0.25, -0.2) is 9.98 Å². The largest absolute Gasteiger partial charge is 0.456 e. The third-order valence-corrected chi connectivity index (χ3v) is 11.3. The van der Waals surface area contributed by atoms with Gasteiger partial charge in [-0.3, -0.25) is 0 Å². The molecule has 0 aliphatic carbocycles. The Morgan fingerprint density at radius 3 is 1.95 bits per heavy atom. The minimum absolute atomic E-state index is 0.514. The molecule has 0 bridgehead atoms. The van der Waals surface area contributed by atoms with E-state index in [0.717, 1.165) is 105 Å². The Morgan fingerprint density at radius 2 is 1.09 bits per heavy atom.